The average Bonchev–Trinajstić information content (AvgIpc) is 3.22. The first-order chi connectivity index (χ1) is 14.5. The van der Waals surface area contributed by atoms with Gasteiger partial charge in [-0.1, -0.05) is 18.2 Å². The van der Waals surface area contributed by atoms with Gasteiger partial charge in [-0.3, -0.25) is 19.8 Å². The minimum Gasteiger partial charge on any atom is -0.454 e. The Bertz CT molecular complexity index is 943. The molecule has 2 aliphatic heterocycles. The Kier molecular flexibility index (Phi) is 5.71. The molecule has 0 radical (unpaired) electrons. The lowest BCUT2D eigenvalue weighted by molar-refractivity contribution is -0.384. The minimum absolute atomic E-state index is 0.0562. The van der Waals surface area contributed by atoms with E-state index in [-0.39, 0.29) is 29.4 Å². The van der Waals surface area contributed by atoms with Gasteiger partial charge in [-0.25, -0.2) is 0 Å². The predicted octanol–water partition coefficient (Wildman–Crippen LogP) is 2.32. The number of piperazine rings is 1. The fourth-order valence-electron chi connectivity index (χ4n) is 3.79. The van der Waals surface area contributed by atoms with E-state index >= 15 is 0 Å². The number of hydrogen-bond acceptors (Lipinski definition) is 7. The summed E-state index contributed by atoms with van der Waals surface area (Å²) in [5.41, 5.74) is 1.69. The Morgan fingerprint density at radius 2 is 1.87 bits per heavy atom. The van der Waals surface area contributed by atoms with Crippen LogP contribution in [-0.2, 0) is 4.79 Å². The molecule has 1 N–H and O–H groups in total. The second-order valence-electron chi connectivity index (χ2n) is 7.41. The third-order valence-corrected chi connectivity index (χ3v) is 5.43. The molecule has 2 aromatic rings. The van der Waals surface area contributed by atoms with Gasteiger partial charge in [-0.15, -0.1) is 0 Å². The summed E-state index contributed by atoms with van der Waals surface area (Å²) < 4.78 is 10.7. The average molecular weight is 412 g/mol. The van der Waals surface area contributed by atoms with E-state index in [1.165, 1.54) is 6.07 Å². The number of nitro benzene ring substituents is 1. The van der Waals surface area contributed by atoms with E-state index in [1.807, 2.05) is 30.0 Å². The van der Waals surface area contributed by atoms with Crippen LogP contribution in [0.3, 0.4) is 0 Å². The SMILES string of the molecule is C[C@@H](NC(=O)CN1CCN(c2ccccc2[N+](=O)[O-])CC1)c1ccc2c(c1)OCO2. The molecule has 1 fully saturated rings. The molecule has 0 aromatic heterocycles. The summed E-state index contributed by atoms with van der Waals surface area (Å²) in [7, 11) is 0. The molecule has 2 aliphatic rings. The first-order valence-electron chi connectivity index (χ1n) is 9.91. The van der Waals surface area contributed by atoms with E-state index in [1.54, 1.807) is 18.2 Å². The first kappa shape index (κ1) is 20.0. The Balaban J connectivity index is 1.29. The van der Waals surface area contributed by atoms with Crippen LogP contribution in [0.1, 0.15) is 18.5 Å². The van der Waals surface area contributed by atoms with Crippen LogP contribution in [0.5, 0.6) is 11.5 Å². The molecular weight excluding hydrogens is 388 g/mol. The number of fused-ring (bicyclic) bond motifs is 1. The molecule has 1 amide bonds. The second-order valence-corrected chi connectivity index (χ2v) is 7.41. The van der Waals surface area contributed by atoms with Crippen molar-refractivity contribution >= 4 is 17.3 Å². The van der Waals surface area contributed by atoms with Gasteiger partial charge >= 0.3 is 0 Å². The van der Waals surface area contributed by atoms with Crippen LogP contribution >= 0.6 is 0 Å². The van der Waals surface area contributed by atoms with Crippen LogP contribution < -0.4 is 19.7 Å². The standard InChI is InChI=1S/C21H24N4O5/c1-15(16-6-7-19-20(12-16)30-14-29-19)22-21(26)13-23-8-10-24(11-9-23)17-4-2-3-5-18(17)25(27)28/h2-7,12,15H,8-11,13-14H2,1H3,(H,22,26)/t15-/m1/s1. The number of para-hydroxylation sites is 2. The van der Waals surface area contributed by atoms with Gasteiger partial charge < -0.3 is 19.7 Å². The number of carbonyl (C=O) groups is 1. The molecule has 9 heteroatoms. The Morgan fingerprint density at radius 1 is 1.13 bits per heavy atom. The number of nitrogens with one attached hydrogen (secondary N) is 1. The van der Waals surface area contributed by atoms with Gasteiger partial charge in [0.15, 0.2) is 11.5 Å². The number of amides is 1. The lowest BCUT2D eigenvalue weighted by atomic mass is 10.1. The van der Waals surface area contributed by atoms with Crippen LogP contribution in [0.2, 0.25) is 0 Å². The fraction of sp³-hybridized carbons (Fsp3) is 0.381. The van der Waals surface area contributed by atoms with Crippen molar-refractivity contribution in [2.45, 2.75) is 13.0 Å². The minimum atomic E-state index is -0.354. The highest BCUT2D eigenvalue weighted by Crippen LogP contribution is 2.34. The van der Waals surface area contributed by atoms with Crippen LogP contribution in [0, 0.1) is 10.1 Å². The lowest BCUT2D eigenvalue weighted by Crippen LogP contribution is -2.49. The quantitative estimate of drug-likeness (QED) is 0.574. The molecule has 2 heterocycles. The van der Waals surface area contributed by atoms with Gasteiger partial charge in [0.05, 0.1) is 17.5 Å². The molecule has 4 rings (SSSR count). The number of hydrogen-bond donors (Lipinski definition) is 1. The second kappa shape index (κ2) is 8.58. The summed E-state index contributed by atoms with van der Waals surface area (Å²) in [6, 6.07) is 12.3. The fourth-order valence-corrected chi connectivity index (χ4v) is 3.79. The Labute approximate surface area is 174 Å². The third-order valence-electron chi connectivity index (χ3n) is 5.43. The molecule has 30 heavy (non-hydrogen) atoms. The van der Waals surface area contributed by atoms with E-state index in [9.17, 15) is 14.9 Å². The van der Waals surface area contributed by atoms with Crippen LogP contribution in [0.4, 0.5) is 11.4 Å². The van der Waals surface area contributed by atoms with Crippen molar-refractivity contribution in [2.24, 2.45) is 0 Å². The van der Waals surface area contributed by atoms with Gasteiger partial charge in [-0.2, -0.15) is 0 Å². The van der Waals surface area contributed by atoms with Gasteiger partial charge in [0.1, 0.15) is 5.69 Å². The van der Waals surface area contributed by atoms with Crippen LogP contribution in [-0.4, -0.2) is 55.2 Å². The molecule has 2 aromatic carbocycles. The number of nitro groups is 1. The van der Waals surface area contributed by atoms with Crippen molar-refractivity contribution in [3.63, 3.8) is 0 Å². The van der Waals surface area contributed by atoms with Crippen molar-refractivity contribution < 1.29 is 19.2 Å². The van der Waals surface area contributed by atoms with E-state index in [4.69, 9.17) is 9.47 Å². The summed E-state index contributed by atoms with van der Waals surface area (Å²) in [6.07, 6.45) is 0. The van der Waals surface area contributed by atoms with E-state index in [2.05, 4.69) is 10.2 Å². The molecule has 0 saturated carbocycles. The summed E-state index contributed by atoms with van der Waals surface area (Å²) >= 11 is 0. The number of nitrogens with zero attached hydrogens (tertiary/aromatic N) is 3. The van der Waals surface area contributed by atoms with Crippen LogP contribution in [0.25, 0.3) is 0 Å². The van der Waals surface area contributed by atoms with Gasteiger partial charge in [-0.05, 0) is 30.7 Å². The number of carbonyl (C=O) groups excluding carboxylic acids is 1. The Hall–Kier alpha value is -3.33. The van der Waals surface area contributed by atoms with Crippen molar-refractivity contribution in [1.29, 1.82) is 0 Å². The summed E-state index contributed by atoms with van der Waals surface area (Å²) in [5.74, 6) is 1.35. The molecule has 0 bridgehead atoms. The monoisotopic (exact) mass is 412 g/mol. The maximum Gasteiger partial charge on any atom is 0.292 e. The smallest absolute Gasteiger partial charge is 0.292 e. The van der Waals surface area contributed by atoms with Gasteiger partial charge in [0.25, 0.3) is 5.69 Å². The zero-order valence-electron chi connectivity index (χ0n) is 16.7. The normalized spacial score (nSPS) is 16.9. The summed E-state index contributed by atoms with van der Waals surface area (Å²) in [5, 5.41) is 14.3. The Morgan fingerprint density at radius 3 is 2.63 bits per heavy atom. The molecule has 1 saturated heterocycles. The van der Waals surface area contributed by atoms with E-state index < -0.39 is 0 Å². The van der Waals surface area contributed by atoms with Gasteiger partial charge in [0, 0.05) is 32.2 Å². The van der Waals surface area contributed by atoms with Crippen molar-refractivity contribution in [1.82, 2.24) is 10.2 Å². The van der Waals surface area contributed by atoms with Crippen molar-refractivity contribution in [3.8, 4) is 11.5 Å². The highest BCUT2D eigenvalue weighted by molar-refractivity contribution is 5.78. The van der Waals surface area contributed by atoms with Gasteiger partial charge in [0.2, 0.25) is 12.7 Å². The molecule has 1 atom stereocenters. The maximum atomic E-state index is 12.5. The molecule has 0 unspecified atom stereocenters. The number of ether oxygens (including phenoxy) is 2. The van der Waals surface area contributed by atoms with Crippen molar-refractivity contribution in [2.75, 3.05) is 44.4 Å². The van der Waals surface area contributed by atoms with E-state index in [0.717, 1.165) is 5.56 Å². The molecular formula is C21H24N4O5. The third kappa shape index (κ3) is 4.30. The molecule has 0 aliphatic carbocycles. The molecule has 9 nitrogen and oxygen atoms in total. The number of anilines is 1. The molecule has 0 spiro atoms. The van der Waals surface area contributed by atoms with E-state index in [0.29, 0.717) is 49.9 Å². The summed E-state index contributed by atoms with van der Waals surface area (Å²) in [6.45, 7) is 5.04. The number of rotatable bonds is 6. The molecule has 158 valence electrons. The maximum absolute atomic E-state index is 12.5. The zero-order valence-corrected chi connectivity index (χ0v) is 16.7. The zero-order chi connectivity index (χ0) is 21.1. The highest BCUT2D eigenvalue weighted by atomic mass is 16.7. The topological polar surface area (TPSA) is 97.2 Å². The summed E-state index contributed by atoms with van der Waals surface area (Å²) in [4.78, 5) is 27.5. The predicted molar refractivity (Wildman–Crippen MR) is 111 cm³/mol. The largest absolute Gasteiger partial charge is 0.454 e. The van der Waals surface area contributed by atoms with Crippen LogP contribution in [0.15, 0.2) is 42.5 Å². The number of benzene rings is 2. The lowest BCUT2D eigenvalue weighted by Gasteiger charge is -2.35. The first-order valence-corrected chi connectivity index (χ1v) is 9.91. The van der Waals surface area contributed by atoms with Crippen molar-refractivity contribution in [3.05, 3.63) is 58.1 Å². The highest BCUT2D eigenvalue weighted by Gasteiger charge is 2.24.